The van der Waals surface area contributed by atoms with Gasteiger partial charge in [0.05, 0.1) is 4.90 Å². The summed E-state index contributed by atoms with van der Waals surface area (Å²) in [6, 6.07) is 10.6. The van der Waals surface area contributed by atoms with E-state index in [2.05, 4.69) is 9.71 Å². The third-order valence-electron chi connectivity index (χ3n) is 3.43. The maximum atomic E-state index is 13.2. The van der Waals surface area contributed by atoms with E-state index < -0.39 is 32.4 Å². The Kier molecular flexibility index (Phi) is 5.43. The van der Waals surface area contributed by atoms with Crippen LogP contribution >= 0.6 is 0 Å². The van der Waals surface area contributed by atoms with Gasteiger partial charge >= 0.3 is 0 Å². The Morgan fingerprint density at radius 3 is 2.30 bits per heavy atom. The Bertz CT molecular complexity index is 1040. The van der Waals surface area contributed by atoms with Crippen molar-refractivity contribution in [3.63, 3.8) is 0 Å². The van der Waals surface area contributed by atoms with Crippen LogP contribution in [0, 0.1) is 17.5 Å². The van der Waals surface area contributed by atoms with Crippen molar-refractivity contribution in [2.45, 2.75) is 11.4 Å². The molecule has 0 aliphatic rings. The monoisotopic (exact) mass is 394 g/mol. The molecule has 0 aliphatic heterocycles. The van der Waals surface area contributed by atoms with E-state index in [9.17, 15) is 21.6 Å². The number of sulfonamides is 1. The van der Waals surface area contributed by atoms with Gasteiger partial charge in [-0.15, -0.1) is 0 Å². The van der Waals surface area contributed by atoms with Gasteiger partial charge in [0.2, 0.25) is 15.9 Å². The number of halogens is 3. The lowest BCUT2D eigenvalue weighted by molar-refractivity contribution is 0.457. The Hall–Kier alpha value is -2.91. The predicted molar refractivity (Wildman–Crippen MR) is 91.1 cm³/mol. The van der Waals surface area contributed by atoms with Gasteiger partial charge < -0.3 is 4.74 Å². The number of pyridine rings is 1. The molecule has 5 nitrogen and oxygen atoms in total. The quantitative estimate of drug-likeness (QED) is 0.691. The number of rotatable bonds is 6. The van der Waals surface area contributed by atoms with Gasteiger partial charge in [-0.25, -0.2) is 31.3 Å². The molecule has 0 aliphatic carbocycles. The van der Waals surface area contributed by atoms with Crippen LogP contribution in [0.25, 0.3) is 0 Å². The molecule has 1 heterocycles. The summed E-state index contributed by atoms with van der Waals surface area (Å²) in [4.78, 5) is 3.49. The lowest BCUT2D eigenvalue weighted by Gasteiger charge is -2.08. The second kappa shape index (κ2) is 7.77. The van der Waals surface area contributed by atoms with Gasteiger partial charge in [0.15, 0.2) is 0 Å². The van der Waals surface area contributed by atoms with Crippen LogP contribution in [0.15, 0.2) is 65.7 Å². The van der Waals surface area contributed by atoms with Crippen molar-refractivity contribution >= 4 is 10.0 Å². The summed E-state index contributed by atoms with van der Waals surface area (Å²) in [6.07, 6.45) is 1.36. The van der Waals surface area contributed by atoms with Gasteiger partial charge in [-0.1, -0.05) is 12.1 Å². The van der Waals surface area contributed by atoms with Crippen molar-refractivity contribution in [3.05, 3.63) is 83.8 Å². The van der Waals surface area contributed by atoms with E-state index in [1.165, 1.54) is 30.5 Å². The van der Waals surface area contributed by atoms with E-state index >= 15 is 0 Å². The van der Waals surface area contributed by atoms with Gasteiger partial charge in [0, 0.05) is 30.9 Å². The van der Waals surface area contributed by atoms with Crippen LogP contribution in [-0.2, 0) is 16.6 Å². The van der Waals surface area contributed by atoms with Crippen molar-refractivity contribution in [3.8, 4) is 11.6 Å². The highest BCUT2D eigenvalue weighted by atomic mass is 32.2. The molecule has 0 atom stereocenters. The fourth-order valence-corrected chi connectivity index (χ4v) is 3.23. The first kappa shape index (κ1) is 18.9. The average molecular weight is 394 g/mol. The first-order chi connectivity index (χ1) is 12.8. The molecule has 0 unspecified atom stereocenters. The van der Waals surface area contributed by atoms with Crippen LogP contribution < -0.4 is 9.46 Å². The molecule has 0 saturated carbocycles. The topological polar surface area (TPSA) is 68.3 Å². The number of ether oxygens (including phenoxy) is 1. The first-order valence-corrected chi connectivity index (χ1v) is 9.14. The Morgan fingerprint density at radius 2 is 1.67 bits per heavy atom. The van der Waals surface area contributed by atoms with Gasteiger partial charge in [0.1, 0.15) is 23.2 Å². The zero-order chi connectivity index (χ0) is 19.4. The molecule has 0 radical (unpaired) electrons. The molecule has 3 aromatic rings. The van der Waals surface area contributed by atoms with E-state index in [4.69, 9.17) is 4.74 Å². The van der Waals surface area contributed by atoms with Gasteiger partial charge in [-0.05, 0) is 29.8 Å². The standard InChI is InChI=1S/C18H13F3N2O3S/c19-13-2-1-3-16(7-13)26-18-5-4-12(10-22-18)11-23-27(24,25)17-8-14(20)6-15(21)9-17/h1-10,23H,11H2. The third-order valence-corrected chi connectivity index (χ3v) is 4.81. The zero-order valence-electron chi connectivity index (χ0n) is 13.7. The van der Waals surface area contributed by atoms with Crippen molar-refractivity contribution in [1.82, 2.24) is 9.71 Å². The number of hydrogen-bond donors (Lipinski definition) is 1. The van der Waals surface area contributed by atoms with Gasteiger partial charge in [-0.2, -0.15) is 0 Å². The number of nitrogens with one attached hydrogen (secondary N) is 1. The smallest absolute Gasteiger partial charge is 0.241 e. The SMILES string of the molecule is O=S(=O)(NCc1ccc(Oc2cccc(F)c2)nc1)c1cc(F)cc(F)c1. The largest absolute Gasteiger partial charge is 0.439 e. The minimum Gasteiger partial charge on any atom is -0.439 e. The van der Waals surface area contributed by atoms with Crippen molar-refractivity contribution in [1.29, 1.82) is 0 Å². The summed E-state index contributed by atoms with van der Waals surface area (Å²) in [5.41, 5.74) is 0.488. The summed E-state index contributed by atoms with van der Waals surface area (Å²) in [5.74, 6) is -1.97. The molecule has 0 fully saturated rings. The summed E-state index contributed by atoms with van der Waals surface area (Å²) >= 11 is 0. The minimum absolute atomic E-state index is 0.145. The van der Waals surface area contributed by atoms with Crippen molar-refractivity contribution in [2.75, 3.05) is 0 Å². The number of hydrogen-bond acceptors (Lipinski definition) is 4. The Morgan fingerprint density at radius 1 is 0.926 bits per heavy atom. The van der Waals surface area contributed by atoms with E-state index in [0.29, 0.717) is 11.6 Å². The molecule has 2 aromatic carbocycles. The first-order valence-electron chi connectivity index (χ1n) is 7.66. The zero-order valence-corrected chi connectivity index (χ0v) is 14.5. The van der Waals surface area contributed by atoms with E-state index in [1.54, 1.807) is 12.1 Å². The molecule has 1 N–H and O–H groups in total. The van der Waals surface area contributed by atoms with Crippen LogP contribution in [0.2, 0.25) is 0 Å². The fourth-order valence-electron chi connectivity index (χ4n) is 2.17. The molecule has 1 aromatic heterocycles. The average Bonchev–Trinajstić information content (AvgIpc) is 2.60. The van der Waals surface area contributed by atoms with E-state index in [-0.39, 0.29) is 18.2 Å². The maximum Gasteiger partial charge on any atom is 0.241 e. The van der Waals surface area contributed by atoms with Gasteiger partial charge in [-0.3, -0.25) is 0 Å². The molecule has 0 spiro atoms. The predicted octanol–water partition coefficient (Wildman–Crippen LogP) is 3.77. The van der Waals surface area contributed by atoms with E-state index in [0.717, 1.165) is 12.1 Å². The van der Waals surface area contributed by atoms with E-state index in [1.807, 2.05) is 0 Å². The highest BCUT2D eigenvalue weighted by Crippen LogP contribution is 2.20. The molecule has 0 bridgehead atoms. The highest BCUT2D eigenvalue weighted by Gasteiger charge is 2.16. The van der Waals surface area contributed by atoms with Gasteiger partial charge in [0.25, 0.3) is 0 Å². The Labute approximate surface area is 153 Å². The highest BCUT2D eigenvalue weighted by molar-refractivity contribution is 7.89. The minimum atomic E-state index is -4.10. The second-order valence-corrected chi connectivity index (χ2v) is 7.26. The maximum absolute atomic E-state index is 13.2. The van der Waals surface area contributed by atoms with Crippen molar-refractivity contribution in [2.24, 2.45) is 0 Å². The number of nitrogens with zero attached hydrogens (tertiary/aromatic N) is 1. The summed E-state index contributed by atoms with van der Waals surface area (Å²) in [7, 11) is -4.10. The summed E-state index contributed by atoms with van der Waals surface area (Å²) in [5, 5.41) is 0. The lowest BCUT2D eigenvalue weighted by atomic mass is 10.3. The molecule has 0 saturated heterocycles. The third kappa shape index (κ3) is 5.05. The lowest BCUT2D eigenvalue weighted by Crippen LogP contribution is -2.23. The number of benzene rings is 2. The second-order valence-electron chi connectivity index (χ2n) is 5.49. The Balaban J connectivity index is 1.66. The summed E-state index contributed by atoms with van der Waals surface area (Å²) < 4.78 is 71.4. The molecule has 27 heavy (non-hydrogen) atoms. The molecular weight excluding hydrogens is 381 g/mol. The molecular formula is C18H13F3N2O3S. The molecule has 140 valence electrons. The molecule has 3 rings (SSSR count). The van der Waals surface area contributed by atoms with Crippen LogP contribution in [0.5, 0.6) is 11.6 Å². The summed E-state index contributed by atoms with van der Waals surface area (Å²) in [6.45, 7) is -0.145. The van der Waals surface area contributed by atoms with Crippen LogP contribution in [0.3, 0.4) is 0 Å². The fraction of sp³-hybridized carbons (Fsp3) is 0.0556. The number of aromatic nitrogens is 1. The normalized spacial score (nSPS) is 11.4. The van der Waals surface area contributed by atoms with Crippen molar-refractivity contribution < 1.29 is 26.3 Å². The van der Waals surface area contributed by atoms with Crippen LogP contribution in [0.4, 0.5) is 13.2 Å². The molecule has 9 heteroatoms. The molecule has 0 amide bonds. The van der Waals surface area contributed by atoms with Crippen LogP contribution in [-0.4, -0.2) is 13.4 Å². The van der Waals surface area contributed by atoms with Crippen LogP contribution in [0.1, 0.15) is 5.56 Å².